The summed E-state index contributed by atoms with van der Waals surface area (Å²) in [5.74, 6) is 0.687. The fourth-order valence-corrected chi connectivity index (χ4v) is 0.919. The van der Waals surface area contributed by atoms with Gasteiger partial charge in [0.25, 0.3) is 0 Å². The van der Waals surface area contributed by atoms with Crippen molar-refractivity contribution < 1.29 is 4.74 Å². The van der Waals surface area contributed by atoms with Crippen molar-refractivity contribution in [3.05, 3.63) is 36.5 Å². The SMILES string of the molecule is C=CCc1cccnc1OC. The van der Waals surface area contributed by atoms with E-state index < -0.39 is 0 Å². The van der Waals surface area contributed by atoms with E-state index in [9.17, 15) is 0 Å². The maximum absolute atomic E-state index is 5.04. The number of allylic oxidation sites excluding steroid dienone is 1. The van der Waals surface area contributed by atoms with Gasteiger partial charge in [-0.3, -0.25) is 0 Å². The highest BCUT2D eigenvalue weighted by molar-refractivity contribution is 5.26. The van der Waals surface area contributed by atoms with E-state index in [1.54, 1.807) is 13.3 Å². The van der Waals surface area contributed by atoms with Gasteiger partial charge in [-0.05, 0) is 12.5 Å². The molecule has 0 bridgehead atoms. The van der Waals surface area contributed by atoms with Crippen molar-refractivity contribution >= 4 is 0 Å². The first-order valence-electron chi connectivity index (χ1n) is 3.47. The third kappa shape index (κ3) is 1.80. The number of methoxy groups -OCH3 is 1. The molecule has 1 aromatic heterocycles. The smallest absolute Gasteiger partial charge is 0.216 e. The van der Waals surface area contributed by atoms with Crippen LogP contribution in [0, 0.1) is 0 Å². The summed E-state index contributed by atoms with van der Waals surface area (Å²) in [6.07, 6.45) is 4.35. The van der Waals surface area contributed by atoms with E-state index in [1.165, 1.54) is 0 Å². The minimum Gasteiger partial charge on any atom is -0.481 e. The van der Waals surface area contributed by atoms with Gasteiger partial charge in [0.05, 0.1) is 7.11 Å². The summed E-state index contributed by atoms with van der Waals surface area (Å²) in [5.41, 5.74) is 1.07. The van der Waals surface area contributed by atoms with Crippen LogP contribution in [0.5, 0.6) is 5.88 Å². The summed E-state index contributed by atoms with van der Waals surface area (Å²) < 4.78 is 5.04. The quantitative estimate of drug-likeness (QED) is 0.611. The molecule has 1 aromatic rings. The summed E-state index contributed by atoms with van der Waals surface area (Å²) in [7, 11) is 1.62. The zero-order valence-corrected chi connectivity index (χ0v) is 6.58. The molecule has 0 atom stereocenters. The van der Waals surface area contributed by atoms with Gasteiger partial charge < -0.3 is 4.74 Å². The fraction of sp³-hybridized carbons (Fsp3) is 0.222. The molecule has 0 amide bonds. The van der Waals surface area contributed by atoms with E-state index in [2.05, 4.69) is 11.6 Å². The van der Waals surface area contributed by atoms with Crippen LogP contribution in [0.4, 0.5) is 0 Å². The number of hydrogen-bond acceptors (Lipinski definition) is 2. The largest absolute Gasteiger partial charge is 0.481 e. The Hall–Kier alpha value is -1.31. The molecule has 11 heavy (non-hydrogen) atoms. The molecule has 0 saturated carbocycles. The van der Waals surface area contributed by atoms with Gasteiger partial charge in [-0.2, -0.15) is 0 Å². The molecular weight excluding hydrogens is 138 g/mol. The molecule has 0 aliphatic carbocycles. The minimum absolute atomic E-state index is 0.687. The molecule has 0 radical (unpaired) electrons. The Labute approximate surface area is 66.5 Å². The van der Waals surface area contributed by atoms with Gasteiger partial charge in [0.15, 0.2) is 0 Å². The molecule has 2 heteroatoms. The van der Waals surface area contributed by atoms with Gasteiger partial charge in [-0.1, -0.05) is 12.1 Å². The predicted octanol–water partition coefficient (Wildman–Crippen LogP) is 1.82. The topological polar surface area (TPSA) is 22.1 Å². The number of pyridine rings is 1. The summed E-state index contributed by atoms with van der Waals surface area (Å²) in [6.45, 7) is 3.65. The van der Waals surface area contributed by atoms with Crippen molar-refractivity contribution in [3.63, 3.8) is 0 Å². The van der Waals surface area contributed by atoms with E-state index in [1.807, 2.05) is 18.2 Å². The Kier molecular flexibility index (Phi) is 2.66. The Morgan fingerprint density at radius 3 is 3.18 bits per heavy atom. The molecule has 0 aliphatic heterocycles. The Bertz CT molecular complexity index is 245. The monoisotopic (exact) mass is 149 g/mol. The van der Waals surface area contributed by atoms with Crippen molar-refractivity contribution in [3.8, 4) is 5.88 Å². The first-order valence-corrected chi connectivity index (χ1v) is 3.47. The molecule has 58 valence electrons. The van der Waals surface area contributed by atoms with Crippen LogP contribution in [-0.2, 0) is 6.42 Å². The second-order valence-corrected chi connectivity index (χ2v) is 2.16. The molecular formula is C9H11NO. The van der Waals surface area contributed by atoms with Crippen LogP contribution in [0.2, 0.25) is 0 Å². The second-order valence-electron chi connectivity index (χ2n) is 2.16. The first-order chi connectivity index (χ1) is 5.38. The lowest BCUT2D eigenvalue weighted by Gasteiger charge is -2.02. The van der Waals surface area contributed by atoms with E-state index in [-0.39, 0.29) is 0 Å². The van der Waals surface area contributed by atoms with E-state index in [4.69, 9.17) is 4.74 Å². The number of ether oxygens (including phenoxy) is 1. The third-order valence-corrected chi connectivity index (χ3v) is 1.41. The van der Waals surface area contributed by atoms with Crippen LogP contribution in [0.25, 0.3) is 0 Å². The second kappa shape index (κ2) is 3.76. The lowest BCUT2D eigenvalue weighted by atomic mass is 10.2. The predicted molar refractivity (Wildman–Crippen MR) is 44.7 cm³/mol. The molecule has 0 N–H and O–H groups in total. The average molecular weight is 149 g/mol. The van der Waals surface area contributed by atoms with E-state index >= 15 is 0 Å². The van der Waals surface area contributed by atoms with Crippen LogP contribution in [-0.4, -0.2) is 12.1 Å². The molecule has 0 unspecified atom stereocenters. The van der Waals surface area contributed by atoms with Gasteiger partial charge in [-0.25, -0.2) is 4.98 Å². The Morgan fingerprint density at radius 1 is 1.73 bits per heavy atom. The van der Waals surface area contributed by atoms with Crippen LogP contribution < -0.4 is 4.74 Å². The minimum atomic E-state index is 0.687. The zero-order valence-electron chi connectivity index (χ0n) is 6.58. The maximum atomic E-state index is 5.04. The van der Waals surface area contributed by atoms with Crippen LogP contribution in [0.3, 0.4) is 0 Å². The van der Waals surface area contributed by atoms with Gasteiger partial charge in [0.1, 0.15) is 0 Å². The van der Waals surface area contributed by atoms with Crippen molar-refractivity contribution in [2.45, 2.75) is 6.42 Å². The highest BCUT2D eigenvalue weighted by Gasteiger charge is 1.98. The normalized spacial score (nSPS) is 9.18. The van der Waals surface area contributed by atoms with Crippen molar-refractivity contribution in [2.24, 2.45) is 0 Å². The lowest BCUT2D eigenvalue weighted by molar-refractivity contribution is 0.393. The van der Waals surface area contributed by atoms with Gasteiger partial charge in [0, 0.05) is 11.8 Å². The summed E-state index contributed by atoms with van der Waals surface area (Å²) in [4.78, 5) is 4.05. The molecule has 0 fully saturated rings. The van der Waals surface area contributed by atoms with Gasteiger partial charge >= 0.3 is 0 Å². The van der Waals surface area contributed by atoms with Crippen molar-refractivity contribution in [1.29, 1.82) is 0 Å². The fourth-order valence-electron chi connectivity index (χ4n) is 0.919. The highest BCUT2D eigenvalue weighted by Crippen LogP contribution is 2.13. The Morgan fingerprint density at radius 2 is 2.55 bits per heavy atom. The van der Waals surface area contributed by atoms with E-state index in [0.717, 1.165) is 12.0 Å². The molecule has 0 spiro atoms. The number of aromatic nitrogens is 1. The molecule has 0 aromatic carbocycles. The zero-order chi connectivity index (χ0) is 8.10. The summed E-state index contributed by atoms with van der Waals surface area (Å²) in [6, 6.07) is 3.87. The molecule has 0 saturated heterocycles. The number of rotatable bonds is 3. The summed E-state index contributed by atoms with van der Waals surface area (Å²) >= 11 is 0. The highest BCUT2D eigenvalue weighted by atomic mass is 16.5. The number of nitrogens with zero attached hydrogens (tertiary/aromatic N) is 1. The van der Waals surface area contributed by atoms with Crippen LogP contribution in [0.15, 0.2) is 31.0 Å². The average Bonchev–Trinajstić information content (AvgIpc) is 2.06. The van der Waals surface area contributed by atoms with Crippen LogP contribution >= 0.6 is 0 Å². The summed E-state index contributed by atoms with van der Waals surface area (Å²) in [5, 5.41) is 0. The standard InChI is InChI=1S/C9H11NO/c1-3-5-8-6-4-7-10-9(8)11-2/h3-4,6-7H,1,5H2,2H3. The third-order valence-electron chi connectivity index (χ3n) is 1.41. The number of hydrogen-bond donors (Lipinski definition) is 0. The molecule has 1 rings (SSSR count). The maximum Gasteiger partial charge on any atom is 0.216 e. The Balaban J connectivity index is 2.92. The molecule has 1 heterocycles. The van der Waals surface area contributed by atoms with Gasteiger partial charge in [0.2, 0.25) is 5.88 Å². The van der Waals surface area contributed by atoms with Crippen molar-refractivity contribution in [2.75, 3.05) is 7.11 Å². The van der Waals surface area contributed by atoms with E-state index in [0.29, 0.717) is 5.88 Å². The van der Waals surface area contributed by atoms with Gasteiger partial charge in [-0.15, -0.1) is 6.58 Å². The van der Waals surface area contributed by atoms with Crippen LogP contribution in [0.1, 0.15) is 5.56 Å². The molecule has 2 nitrogen and oxygen atoms in total. The first kappa shape index (κ1) is 7.79. The van der Waals surface area contributed by atoms with Crippen molar-refractivity contribution in [1.82, 2.24) is 4.98 Å². The molecule has 0 aliphatic rings. The lowest BCUT2D eigenvalue weighted by Crippen LogP contribution is -1.92.